The topological polar surface area (TPSA) is 25.8 Å². The van der Waals surface area contributed by atoms with Crippen molar-refractivity contribution in [3.8, 4) is 39.5 Å². The maximum absolute atomic E-state index is 7.09. The molecular weight excluding hydrogens is 863 g/mol. The minimum Gasteiger partial charge on any atom is -0.455 e. The molecule has 0 saturated carbocycles. The third-order valence-electron chi connectivity index (χ3n) is 15.1. The van der Waals surface area contributed by atoms with Crippen molar-refractivity contribution < 1.29 is 13.6 Å². The van der Waals surface area contributed by atoms with Crippen molar-refractivity contribution in [3.05, 3.63) is 187 Å². The number of para-hydroxylation sites is 3. The highest BCUT2D eigenvalue weighted by molar-refractivity contribution is 7.26. The van der Waals surface area contributed by atoms with Gasteiger partial charge in [0.05, 0.1) is 20.1 Å². The number of benzene rings is 7. The molecule has 6 heteroatoms. The second kappa shape index (κ2) is 15.6. The largest absolute Gasteiger partial charge is 0.455 e. The molecule has 7 aromatic carbocycles. The summed E-state index contributed by atoms with van der Waals surface area (Å²) < 4.78 is 17.6. The molecule has 0 N–H and O–H groups in total. The molecule has 68 heavy (non-hydrogen) atoms. The molecule has 2 atom stereocenters. The number of thiophene rings is 1. The minimum atomic E-state index is -1.79. The number of hydrogen-bond acceptors (Lipinski definition) is 2. The zero-order chi connectivity index (χ0) is 46.0. The van der Waals surface area contributed by atoms with E-state index in [-0.39, 0.29) is 12.0 Å². The van der Waals surface area contributed by atoms with Gasteiger partial charge in [0.2, 0.25) is 5.69 Å². The zero-order valence-electron chi connectivity index (χ0n) is 39.5. The molecule has 332 valence electrons. The van der Waals surface area contributed by atoms with Gasteiger partial charge in [-0.25, -0.2) is 0 Å². The van der Waals surface area contributed by atoms with Gasteiger partial charge in [-0.2, -0.15) is 13.7 Å². The molecule has 2 aliphatic heterocycles. The van der Waals surface area contributed by atoms with Crippen LogP contribution in [-0.4, -0.2) is 12.6 Å². The summed E-state index contributed by atoms with van der Waals surface area (Å²) in [5.41, 5.74) is 16.9. The van der Waals surface area contributed by atoms with E-state index in [1.165, 1.54) is 59.2 Å². The normalized spacial score (nSPS) is 16.1. The lowest BCUT2D eigenvalue weighted by atomic mass is 9.77. The first-order valence-electron chi connectivity index (χ1n) is 24.5. The van der Waals surface area contributed by atoms with Crippen LogP contribution in [-0.2, 0) is 12.8 Å². The maximum Gasteiger partial charge on any atom is 0.304 e. The lowest BCUT2D eigenvalue weighted by molar-refractivity contribution is -0.716. The first-order valence-corrected chi connectivity index (χ1v) is 28.8. The Labute approximate surface area is 403 Å². The summed E-state index contributed by atoms with van der Waals surface area (Å²) in [6.45, 7) is 17.5. The smallest absolute Gasteiger partial charge is 0.304 e. The summed E-state index contributed by atoms with van der Waals surface area (Å²) in [6.07, 6.45) is 6.36. The van der Waals surface area contributed by atoms with Crippen LogP contribution in [0.15, 0.2) is 175 Å². The lowest BCUT2D eigenvalue weighted by Gasteiger charge is -2.33. The van der Waals surface area contributed by atoms with Gasteiger partial charge in [0.15, 0.2) is 28.9 Å². The molecule has 0 aliphatic carbocycles. The van der Waals surface area contributed by atoms with Crippen LogP contribution in [0.25, 0.3) is 98.3 Å². The van der Waals surface area contributed by atoms with Gasteiger partial charge in [0, 0.05) is 48.1 Å². The Morgan fingerprint density at radius 2 is 1.46 bits per heavy atom. The molecule has 13 rings (SSSR count). The van der Waals surface area contributed by atoms with Crippen molar-refractivity contribution >= 4 is 83.4 Å². The van der Waals surface area contributed by atoms with Gasteiger partial charge in [-0.3, -0.25) is 0 Å². The molecule has 0 amide bonds. The van der Waals surface area contributed by atoms with E-state index in [1.807, 2.05) is 11.3 Å². The van der Waals surface area contributed by atoms with E-state index in [9.17, 15) is 0 Å². The van der Waals surface area contributed by atoms with Crippen LogP contribution in [0.3, 0.4) is 0 Å². The molecule has 6 heterocycles. The Morgan fingerprint density at radius 3 is 2.26 bits per heavy atom. The second-order valence-corrected chi connectivity index (χ2v) is 26.9. The molecule has 0 radical (unpaired) electrons. The molecule has 4 nitrogen and oxygen atoms in total. The summed E-state index contributed by atoms with van der Waals surface area (Å²) in [5, 5.41) is 6.56. The fraction of sp³-hybridized carbons (Fsp3) is 0.194. The van der Waals surface area contributed by atoms with Crippen molar-refractivity contribution in [2.24, 2.45) is 5.92 Å². The zero-order valence-corrected chi connectivity index (χ0v) is 41.3. The fourth-order valence-corrected chi connectivity index (χ4v) is 15.0. The van der Waals surface area contributed by atoms with E-state index in [2.05, 4.69) is 211 Å². The number of allylic oxidation sites excluding steroid dienone is 1. The van der Waals surface area contributed by atoms with E-state index < -0.39 is 8.07 Å². The molecule has 0 saturated heterocycles. The molecular formula is C62H55N3OSSi+2. The van der Waals surface area contributed by atoms with Crippen LogP contribution in [0.2, 0.25) is 19.6 Å². The number of aromatic nitrogens is 3. The Balaban J connectivity index is 1.10. The molecule has 4 aromatic heterocycles. The van der Waals surface area contributed by atoms with Gasteiger partial charge < -0.3 is 4.42 Å². The summed E-state index contributed by atoms with van der Waals surface area (Å²) in [5.74, 6) is 1.88. The summed E-state index contributed by atoms with van der Waals surface area (Å²) >= 11 is 1.97. The lowest BCUT2D eigenvalue weighted by Crippen LogP contribution is -2.54. The summed E-state index contributed by atoms with van der Waals surface area (Å²) in [7, 11) is -1.79. The van der Waals surface area contributed by atoms with Crippen molar-refractivity contribution in [2.45, 2.75) is 71.1 Å². The maximum atomic E-state index is 7.09. The number of fused-ring (bicyclic) bond motifs is 19. The molecule has 0 bridgehead atoms. The number of hydrogen-bond donors (Lipinski definition) is 0. The molecule has 2 unspecified atom stereocenters. The third kappa shape index (κ3) is 6.37. The molecule has 11 aromatic rings. The van der Waals surface area contributed by atoms with Gasteiger partial charge in [-0.15, -0.1) is 11.3 Å². The number of rotatable bonds is 5. The van der Waals surface area contributed by atoms with Crippen LogP contribution in [0, 0.1) is 5.92 Å². The Hall–Kier alpha value is -6.86. The third-order valence-corrected chi connectivity index (χ3v) is 18.3. The highest BCUT2D eigenvalue weighted by Gasteiger charge is 2.46. The fourth-order valence-electron chi connectivity index (χ4n) is 12.1. The number of nitrogens with zero attached hydrogens (tertiary/aromatic N) is 3. The predicted octanol–water partition coefficient (Wildman–Crippen LogP) is 15.4. The molecule has 2 aliphatic rings. The number of furan rings is 1. The van der Waals surface area contributed by atoms with Crippen LogP contribution >= 0.6 is 11.3 Å². The minimum absolute atomic E-state index is 0.143. The molecule has 0 spiro atoms. The second-order valence-electron chi connectivity index (χ2n) is 20.8. The standard InChI is InChI=1S/C62H55N3OSSi/c1-38(2)34-43-36-54-59-48(32-33-50-47-19-11-15-23-56(47)67-61(50)59)45-30-26-42-27-31-49-46-18-10-14-22-55(46)66-60(49)58(42)62-64(39(3)35-53(45)63(54)37-57(43)68(4,5)6)51-20-12-13-21-52(51)65(62)44-28-24-41(25-29-44)40-16-8-7-9-17-40/h7-25,27-29,31-33,36-38,45,53H,3,26,30,34-35H2,1-2,4-6H3/q+2. The number of aryl methyl sites for hydroxylation is 1. The first kappa shape index (κ1) is 41.3. The first-order chi connectivity index (χ1) is 33.1. The van der Waals surface area contributed by atoms with E-state index in [0.717, 1.165) is 81.4 Å². The van der Waals surface area contributed by atoms with Crippen LogP contribution in [0.4, 0.5) is 0 Å². The van der Waals surface area contributed by atoms with Crippen LogP contribution in [0.1, 0.15) is 55.3 Å². The monoisotopic (exact) mass is 917 g/mol. The van der Waals surface area contributed by atoms with Gasteiger partial charge in [0.1, 0.15) is 22.5 Å². The highest BCUT2D eigenvalue weighted by atomic mass is 32.1. The summed E-state index contributed by atoms with van der Waals surface area (Å²) in [6, 6.07) is 58.7. The van der Waals surface area contributed by atoms with Crippen molar-refractivity contribution in [1.29, 1.82) is 0 Å². The van der Waals surface area contributed by atoms with E-state index in [4.69, 9.17) is 11.0 Å². The average molecular weight is 918 g/mol. The van der Waals surface area contributed by atoms with E-state index >= 15 is 0 Å². The number of imidazole rings is 1. The van der Waals surface area contributed by atoms with Crippen molar-refractivity contribution in [2.75, 3.05) is 0 Å². The van der Waals surface area contributed by atoms with E-state index in [1.54, 1.807) is 5.19 Å². The SMILES string of the molecule is C=C1CC2C(CCc3ccc4c(oc5ccccc54)c3-c3n1c1ccccc1[n+]3-c1ccc(-c3ccccc3)cc1)c1ccc3c(sc4ccccc43)c1-c1cc(CC(C)C)c([Si](C)(C)C)c[n+]12. The molecule has 0 fully saturated rings. The number of pyridine rings is 1. The quantitative estimate of drug-likeness (QED) is 0.125. The Morgan fingerprint density at radius 1 is 0.735 bits per heavy atom. The van der Waals surface area contributed by atoms with Gasteiger partial charge in [0.25, 0.3) is 0 Å². The van der Waals surface area contributed by atoms with Gasteiger partial charge in [-0.05, 0) is 89.4 Å². The van der Waals surface area contributed by atoms with Crippen LogP contribution in [0.5, 0.6) is 0 Å². The predicted molar refractivity (Wildman–Crippen MR) is 288 cm³/mol. The Kier molecular flexibility index (Phi) is 9.48. The summed E-state index contributed by atoms with van der Waals surface area (Å²) in [4.78, 5) is 0. The average Bonchev–Trinajstić information content (AvgIpc) is 4.03. The Bertz CT molecular complexity index is 3850. The highest BCUT2D eigenvalue weighted by Crippen LogP contribution is 2.51. The van der Waals surface area contributed by atoms with E-state index in [0.29, 0.717) is 5.92 Å². The van der Waals surface area contributed by atoms with Crippen LogP contribution < -0.4 is 14.3 Å². The van der Waals surface area contributed by atoms with Crippen molar-refractivity contribution in [1.82, 2.24) is 4.57 Å². The van der Waals surface area contributed by atoms with Gasteiger partial charge >= 0.3 is 5.82 Å². The van der Waals surface area contributed by atoms with Crippen molar-refractivity contribution in [3.63, 3.8) is 0 Å². The van der Waals surface area contributed by atoms with Gasteiger partial charge in [-0.1, -0.05) is 155 Å².